The Labute approximate surface area is 497 Å². The Kier molecular flexibility index (Phi) is 16.8. The standard InChI is InChI=1S/C64H73N9O11S/c1-41-48(46-18-19-52(68-56(46)58(80)81)71-25-22-44-10-8-11-47(49(44)30-71)57(79)69-59-67-50-12-4-5-13-51(50)85-59)29-66-73(41)40-63-35-61(2)34-62(3,36-63)38-64(37-61,39-63)84-28-27-70(26-23-45(75)32-74)60(82)83-33-43-16-14-42(15-17-43)9-6-7-24-65-53(76)31-72-54(77)20-21-55(72)78/h4-5,8,10-21,29,45,74-75H,6-7,9,22-28,30-40H2,1-3H3,(H,65,76)(H,80,81)(H,67,69,79)/t45-,61?,62?,63?,64?/m0/s1. The van der Waals surface area contributed by atoms with Crippen molar-refractivity contribution >= 4 is 68.2 Å². The number of aromatic nitrogens is 4. The summed E-state index contributed by atoms with van der Waals surface area (Å²) in [5.74, 6) is -2.28. The third-order valence-corrected chi connectivity index (χ3v) is 18.7. The predicted octanol–water partition coefficient (Wildman–Crippen LogP) is 8.26. The van der Waals surface area contributed by atoms with E-state index in [1.165, 1.54) is 11.3 Å². The first-order valence-electron chi connectivity index (χ1n) is 29.3. The van der Waals surface area contributed by atoms with Gasteiger partial charge in [0.25, 0.3) is 17.7 Å². The van der Waals surface area contributed by atoms with Crippen LogP contribution in [0.3, 0.4) is 0 Å². The van der Waals surface area contributed by atoms with Crippen LogP contribution in [-0.2, 0) is 56.4 Å². The lowest BCUT2D eigenvalue weighted by molar-refractivity contribution is -0.248. The number of benzene rings is 3. The Morgan fingerprint density at radius 3 is 2.34 bits per heavy atom. The second-order valence-corrected chi connectivity index (χ2v) is 25.9. The molecule has 5 amide bonds. The van der Waals surface area contributed by atoms with Gasteiger partial charge in [-0.25, -0.2) is 19.6 Å². The quantitative estimate of drug-likeness (QED) is 0.0282. The number of carboxylic acids is 1. The highest BCUT2D eigenvalue weighted by Crippen LogP contribution is 2.72. The molecule has 21 heteroatoms. The van der Waals surface area contributed by atoms with E-state index >= 15 is 0 Å². The summed E-state index contributed by atoms with van der Waals surface area (Å²) in [6, 6.07) is 24.9. The molecule has 12 rings (SSSR count). The van der Waals surface area contributed by atoms with E-state index in [9.17, 15) is 44.1 Å². The molecule has 3 aromatic carbocycles. The minimum absolute atomic E-state index is 0.00506. The molecule has 2 unspecified atom stereocenters. The highest BCUT2D eigenvalue weighted by Gasteiger charge is 2.66. The average Bonchev–Trinajstić information content (AvgIpc) is 1.05. The normalized spacial score (nSPS) is 22.5. The van der Waals surface area contributed by atoms with E-state index in [0.29, 0.717) is 66.7 Å². The van der Waals surface area contributed by atoms with Gasteiger partial charge in [0.05, 0.1) is 41.3 Å². The van der Waals surface area contributed by atoms with Crippen molar-refractivity contribution in [3.63, 3.8) is 0 Å². The number of nitrogens with zero attached hydrogens (tertiary/aromatic N) is 7. The molecule has 5 heterocycles. The summed E-state index contributed by atoms with van der Waals surface area (Å²) in [6.45, 7) is 8.64. The van der Waals surface area contributed by atoms with Gasteiger partial charge in [0.1, 0.15) is 19.0 Å². The zero-order valence-electron chi connectivity index (χ0n) is 48.3. The first-order valence-corrected chi connectivity index (χ1v) is 30.1. The fourth-order valence-corrected chi connectivity index (χ4v) is 15.9. The van der Waals surface area contributed by atoms with Gasteiger partial charge in [-0.15, -0.1) is 0 Å². The topological polar surface area (TPSA) is 259 Å². The number of hydrogen-bond acceptors (Lipinski definition) is 15. The highest BCUT2D eigenvalue weighted by atomic mass is 32.1. The molecule has 3 atom stereocenters. The number of carboxylic acid groups (broad SMARTS) is 1. The van der Waals surface area contributed by atoms with E-state index < -0.39 is 48.1 Å². The highest BCUT2D eigenvalue weighted by molar-refractivity contribution is 7.22. The van der Waals surface area contributed by atoms with Gasteiger partial charge in [0.2, 0.25) is 5.91 Å². The van der Waals surface area contributed by atoms with Gasteiger partial charge < -0.3 is 39.9 Å². The maximum Gasteiger partial charge on any atom is 0.410 e. The molecule has 4 fully saturated rings. The van der Waals surface area contributed by atoms with Crippen molar-refractivity contribution in [1.82, 2.24) is 34.9 Å². The van der Waals surface area contributed by atoms with Gasteiger partial charge >= 0.3 is 12.1 Å². The molecule has 85 heavy (non-hydrogen) atoms. The summed E-state index contributed by atoms with van der Waals surface area (Å²) in [5, 5.41) is 41.9. The summed E-state index contributed by atoms with van der Waals surface area (Å²) in [6.07, 6.45) is 11.2. The molecular formula is C64H73N9O11S. The van der Waals surface area contributed by atoms with Gasteiger partial charge in [0, 0.05) is 73.8 Å². The number of fused-ring (bicyclic) bond motifs is 2. The molecule has 446 valence electrons. The fourth-order valence-electron chi connectivity index (χ4n) is 15.0. The van der Waals surface area contributed by atoms with E-state index in [0.717, 1.165) is 107 Å². The van der Waals surface area contributed by atoms with Gasteiger partial charge in [-0.05, 0) is 146 Å². The maximum absolute atomic E-state index is 13.8. The Morgan fingerprint density at radius 2 is 1.60 bits per heavy atom. The molecular weight excluding hydrogens is 1100 g/mol. The van der Waals surface area contributed by atoms with Crippen molar-refractivity contribution in [2.45, 2.75) is 123 Å². The number of para-hydroxylation sites is 1. The molecule has 0 radical (unpaired) electrons. The van der Waals surface area contributed by atoms with E-state index in [-0.39, 0.29) is 67.1 Å². The number of hydrogen-bond donors (Lipinski definition) is 5. The van der Waals surface area contributed by atoms with Gasteiger partial charge in [-0.3, -0.25) is 34.1 Å². The molecule has 3 aromatic heterocycles. The number of aryl methyl sites for hydroxylation is 1. The minimum Gasteiger partial charge on any atom is -0.476 e. The number of amides is 5. The minimum atomic E-state index is -1.15. The molecule has 6 aromatic rings. The zero-order valence-corrected chi connectivity index (χ0v) is 49.1. The third kappa shape index (κ3) is 13.0. The number of carbonyl (C=O) groups excluding carboxylic acids is 5. The lowest BCUT2D eigenvalue weighted by Crippen LogP contribution is -2.64. The molecule has 20 nitrogen and oxygen atoms in total. The Bertz CT molecular complexity index is 3510. The first kappa shape index (κ1) is 58.9. The number of aromatic carboxylic acids is 1. The predicted molar refractivity (Wildman–Crippen MR) is 319 cm³/mol. The molecule has 6 aliphatic rings. The summed E-state index contributed by atoms with van der Waals surface area (Å²) in [4.78, 5) is 90.2. The number of thiazole rings is 1. The number of anilines is 2. The molecule has 0 saturated heterocycles. The van der Waals surface area contributed by atoms with E-state index in [2.05, 4.69) is 29.5 Å². The second-order valence-electron chi connectivity index (χ2n) is 24.8. The Balaban J connectivity index is 0.710. The number of aliphatic hydroxyl groups excluding tert-OH is 2. The fraction of sp³-hybridized carbons (Fsp3) is 0.453. The summed E-state index contributed by atoms with van der Waals surface area (Å²) in [5.41, 5.74) is 6.44. The molecule has 0 spiro atoms. The molecule has 4 saturated carbocycles. The average molecular weight is 1180 g/mol. The van der Waals surface area contributed by atoms with Gasteiger partial charge in [0.15, 0.2) is 10.8 Å². The maximum atomic E-state index is 13.8. The number of unbranched alkanes of at least 4 members (excludes halogenated alkanes) is 1. The Hall–Kier alpha value is -7.85. The van der Waals surface area contributed by atoms with Crippen LogP contribution in [0.25, 0.3) is 21.3 Å². The number of aliphatic hydroxyl groups is 2. The number of nitrogens with one attached hydrogen (secondary N) is 2. The van der Waals surface area contributed by atoms with Crippen LogP contribution < -0.4 is 15.5 Å². The number of ether oxygens (including phenoxy) is 2. The number of carbonyl (C=O) groups is 6. The van der Waals surface area contributed by atoms with Crippen LogP contribution in [0.4, 0.5) is 15.7 Å². The van der Waals surface area contributed by atoms with E-state index in [1.807, 2.05) is 95.4 Å². The van der Waals surface area contributed by atoms with Crippen molar-refractivity contribution in [1.29, 1.82) is 0 Å². The lowest BCUT2D eigenvalue weighted by atomic mass is 9.39. The first-order chi connectivity index (χ1) is 40.8. The largest absolute Gasteiger partial charge is 0.476 e. The number of rotatable bonds is 24. The van der Waals surface area contributed by atoms with Gasteiger partial charge in [-0.2, -0.15) is 5.10 Å². The molecule has 5 N–H and O–H groups in total. The van der Waals surface area contributed by atoms with Gasteiger partial charge in [-0.1, -0.05) is 73.7 Å². The van der Waals surface area contributed by atoms with Crippen LogP contribution >= 0.6 is 11.3 Å². The smallest absolute Gasteiger partial charge is 0.410 e. The Morgan fingerprint density at radius 1 is 0.847 bits per heavy atom. The van der Waals surface area contributed by atoms with Crippen LogP contribution in [0.15, 0.2) is 97.2 Å². The molecule has 4 aliphatic carbocycles. The van der Waals surface area contributed by atoms with Crippen molar-refractivity contribution in [3.05, 3.63) is 136 Å². The van der Waals surface area contributed by atoms with E-state index in [1.54, 1.807) is 11.1 Å². The SMILES string of the molecule is Cc1c(-c2ccc(N3CCc4cccc(C(=O)Nc5nc6ccccc6s5)c4C3)nc2C(=O)O)cnn1CC12CC3(C)CC(C)(C1)CC(OCCN(CC[C@H](O)CO)C(=O)OCc1ccc(CCCCNC(=O)CN4C(=O)C=CC4=O)cc1)(C3)C2. The van der Waals surface area contributed by atoms with Crippen molar-refractivity contribution in [3.8, 4) is 11.1 Å². The van der Waals surface area contributed by atoms with Crippen LogP contribution in [0.5, 0.6) is 0 Å². The van der Waals surface area contributed by atoms with Crippen molar-refractivity contribution in [2.75, 3.05) is 56.2 Å². The number of pyridine rings is 1. The number of imide groups is 1. The third-order valence-electron chi connectivity index (χ3n) is 17.7. The van der Waals surface area contributed by atoms with Crippen LogP contribution in [0.2, 0.25) is 0 Å². The summed E-state index contributed by atoms with van der Waals surface area (Å²) in [7, 11) is 0. The van der Waals surface area contributed by atoms with E-state index in [4.69, 9.17) is 19.6 Å². The van der Waals surface area contributed by atoms with Crippen LogP contribution in [0, 0.1) is 23.2 Å². The van der Waals surface area contributed by atoms with Crippen LogP contribution in [0.1, 0.15) is 120 Å². The van der Waals surface area contributed by atoms with Crippen molar-refractivity contribution in [2.24, 2.45) is 16.2 Å². The summed E-state index contributed by atoms with van der Waals surface area (Å²) < 4.78 is 15.9. The molecule has 4 bridgehead atoms. The zero-order chi connectivity index (χ0) is 59.7. The second kappa shape index (κ2) is 24.3. The van der Waals surface area contributed by atoms with Crippen LogP contribution in [-0.4, -0.2) is 138 Å². The monoisotopic (exact) mass is 1180 g/mol. The summed E-state index contributed by atoms with van der Waals surface area (Å²) >= 11 is 1.42. The van der Waals surface area contributed by atoms with Crippen molar-refractivity contribution < 1.29 is 53.6 Å². The lowest BCUT2D eigenvalue weighted by Gasteiger charge is -2.69. The molecule has 2 aliphatic heterocycles.